The second kappa shape index (κ2) is 4.31. The SMILES string of the molecule is CCC(C)(C)C(N)CCC(F)(F)F. The molecule has 13 heavy (non-hydrogen) atoms. The molecule has 1 atom stereocenters. The van der Waals surface area contributed by atoms with Crippen LogP contribution < -0.4 is 5.73 Å². The zero-order chi connectivity index (χ0) is 10.7. The molecule has 2 N–H and O–H groups in total. The molecule has 0 saturated heterocycles. The van der Waals surface area contributed by atoms with Crippen molar-refractivity contribution in [3.05, 3.63) is 0 Å². The van der Waals surface area contributed by atoms with Crippen molar-refractivity contribution in [1.82, 2.24) is 0 Å². The van der Waals surface area contributed by atoms with Gasteiger partial charge in [-0.1, -0.05) is 20.8 Å². The van der Waals surface area contributed by atoms with E-state index in [1.54, 1.807) is 0 Å². The molecule has 0 aliphatic carbocycles. The van der Waals surface area contributed by atoms with Gasteiger partial charge in [-0.3, -0.25) is 0 Å². The van der Waals surface area contributed by atoms with Gasteiger partial charge in [-0.15, -0.1) is 0 Å². The molecular weight excluding hydrogens is 179 g/mol. The van der Waals surface area contributed by atoms with Crippen LogP contribution in [0.2, 0.25) is 0 Å². The summed E-state index contributed by atoms with van der Waals surface area (Å²) in [5.41, 5.74) is 5.47. The summed E-state index contributed by atoms with van der Waals surface area (Å²) >= 11 is 0. The van der Waals surface area contributed by atoms with Gasteiger partial charge >= 0.3 is 6.18 Å². The van der Waals surface area contributed by atoms with Gasteiger partial charge in [-0.05, 0) is 18.3 Å². The number of alkyl halides is 3. The Morgan fingerprint density at radius 3 is 2.00 bits per heavy atom. The molecule has 0 amide bonds. The first kappa shape index (κ1) is 12.8. The molecule has 0 aromatic carbocycles. The summed E-state index contributed by atoms with van der Waals surface area (Å²) in [6.07, 6.45) is -4.05. The second-order valence-corrected chi connectivity index (χ2v) is 4.10. The Bertz CT molecular complexity index is 151. The van der Waals surface area contributed by atoms with E-state index in [4.69, 9.17) is 5.73 Å². The molecule has 80 valence electrons. The maximum atomic E-state index is 11.9. The smallest absolute Gasteiger partial charge is 0.327 e. The topological polar surface area (TPSA) is 26.0 Å². The number of hydrogen-bond acceptors (Lipinski definition) is 1. The normalized spacial score (nSPS) is 15.9. The van der Waals surface area contributed by atoms with E-state index in [-0.39, 0.29) is 17.9 Å². The minimum Gasteiger partial charge on any atom is -0.327 e. The van der Waals surface area contributed by atoms with Crippen LogP contribution in [-0.4, -0.2) is 12.2 Å². The molecule has 0 bridgehead atoms. The van der Waals surface area contributed by atoms with Crippen LogP contribution in [0.4, 0.5) is 13.2 Å². The monoisotopic (exact) mass is 197 g/mol. The zero-order valence-corrected chi connectivity index (χ0v) is 8.41. The van der Waals surface area contributed by atoms with Crippen LogP contribution in [-0.2, 0) is 0 Å². The number of hydrogen-bond donors (Lipinski definition) is 1. The summed E-state index contributed by atoms with van der Waals surface area (Å²) in [6, 6.07) is -0.376. The van der Waals surface area contributed by atoms with Gasteiger partial charge in [0.05, 0.1) is 0 Å². The van der Waals surface area contributed by atoms with Crippen molar-refractivity contribution < 1.29 is 13.2 Å². The van der Waals surface area contributed by atoms with E-state index in [9.17, 15) is 13.2 Å². The molecule has 0 aromatic heterocycles. The molecule has 0 aromatic rings. The highest BCUT2D eigenvalue weighted by Crippen LogP contribution is 2.29. The van der Waals surface area contributed by atoms with Gasteiger partial charge in [-0.25, -0.2) is 0 Å². The average Bonchev–Trinajstić information content (AvgIpc) is 1.98. The minimum absolute atomic E-state index is 0.0182. The molecule has 1 nitrogen and oxygen atoms in total. The predicted molar refractivity (Wildman–Crippen MR) is 47.3 cm³/mol. The lowest BCUT2D eigenvalue weighted by molar-refractivity contribution is -0.137. The van der Waals surface area contributed by atoms with Crippen LogP contribution in [0, 0.1) is 5.41 Å². The third-order valence-electron chi connectivity index (χ3n) is 2.65. The summed E-state index contributed by atoms with van der Waals surface area (Å²) in [5, 5.41) is 0. The fraction of sp³-hybridized carbons (Fsp3) is 1.00. The highest BCUT2D eigenvalue weighted by Gasteiger charge is 2.31. The van der Waals surface area contributed by atoms with Crippen molar-refractivity contribution in [1.29, 1.82) is 0 Å². The zero-order valence-electron chi connectivity index (χ0n) is 8.41. The molecule has 0 rings (SSSR count). The van der Waals surface area contributed by atoms with Crippen LogP contribution in [0.25, 0.3) is 0 Å². The lowest BCUT2D eigenvalue weighted by Gasteiger charge is -2.30. The lowest BCUT2D eigenvalue weighted by Crippen LogP contribution is -2.37. The number of nitrogens with two attached hydrogens (primary N) is 1. The van der Waals surface area contributed by atoms with Gasteiger partial charge in [0, 0.05) is 12.5 Å². The van der Waals surface area contributed by atoms with Gasteiger partial charge in [0.2, 0.25) is 0 Å². The van der Waals surface area contributed by atoms with E-state index >= 15 is 0 Å². The predicted octanol–water partition coefficient (Wildman–Crippen LogP) is 3.09. The van der Waals surface area contributed by atoms with E-state index in [2.05, 4.69) is 0 Å². The molecule has 4 heteroatoms. The van der Waals surface area contributed by atoms with Crippen molar-refractivity contribution in [3.63, 3.8) is 0 Å². The van der Waals surface area contributed by atoms with Crippen LogP contribution in [0.1, 0.15) is 40.0 Å². The summed E-state index contributed by atoms with van der Waals surface area (Å²) < 4.78 is 35.6. The van der Waals surface area contributed by atoms with Crippen molar-refractivity contribution in [3.8, 4) is 0 Å². The largest absolute Gasteiger partial charge is 0.389 e. The average molecular weight is 197 g/mol. The molecule has 0 radical (unpaired) electrons. The Morgan fingerprint density at radius 1 is 1.23 bits per heavy atom. The molecule has 0 aliphatic rings. The lowest BCUT2D eigenvalue weighted by atomic mass is 9.80. The van der Waals surface area contributed by atoms with Crippen LogP contribution in [0.3, 0.4) is 0 Å². The maximum absolute atomic E-state index is 11.9. The Kier molecular flexibility index (Phi) is 4.23. The molecule has 0 spiro atoms. The standard InChI is InChI=1S/C9H18F3N/c1-4-8(2,3)7(13)5-6-9(10,11)12/h7H,4-6,13H2,1-3H3. The Labute approximate surface area is 77.5 Å². The highest BCUT2D eigenvalue weighted by molar-refractivity contribution is 4.80. The Balaban J connectivity index is 3.95. The first-order chi connectivity index (χ1) is 5.69. The van der Waals surface area contributed by atoms with E-state index in [0.717, 1.165) is 6.42 Å². The third-order valence-corrected chi connectivity index (χ3v) is 2.65. The van der Waals surface area contributed by atoms with E-state index in [1.807, 2.05) is 20.8 Å². The van der Waals surface area contributed by atoms with Crippen LogP contribution in [0.5, 0.6) is 0 Å². The fourth-order valence-electron chi connectivity index (χ4n) is 0.972. The van der Waals surface area contributed by atoms with Crippen molar-refractivity contribution in [2.45, 2.75) is 52.3 Å². The van der Waals surface area contributed by atoms with Gasteiger partial charge in [-0.2, -0.15) is 13.2 Å². The van der Waals surface area contributed by atoms with E-state index < -0.39 is 12.6 Å². The van der Waals surface area contributed by atoms with E-state index in [1.165, 1.54) is 0 Å². The summed E-state index contributed by atoms with van der Waals surface area (Å²) in [7, 11) is 0. The maximum Gasteiger partial charge on any atom is 0.389 e. The molecule has 0 heterocycles. The highest BCUT2D eigenvalue weighted by atomic mass is 19.4. The number of halogens is 3. The number of rotatable bonds is 4. The molecule has 0 saturated carbocycles. The van der Waals surface area contributed by atoms with Crippen molar-refractivity contribution in [2.24, 2.45) is 11.1 Å². The summed E-state index contributed by atoms with van der Waals surface area (Å²) in [5.74, 6) is 0. The Morgan fingerprint density at radius 2 is 1.69 bits per heavy atom. The fourth-order valence-corrected chi connectivity index (χ4v) is 0.972. The van der Waals surface area contributed by atoms with Crippen LogP contribution >= 0.6 is 0 Å². The summed E-state index contributed by atoms with van der Waals surface area (Å²) in [6.45, 7) is 5.73. The molecule has 0 fully saturated rings. The van der Waals surface area contributed by atoms with Gasteiger partial charge in [0.1, 0.15) is 0 Å². The van der Waals surface area contributed by atoms with Gasteiger partial charge in [0.25, 0.3) is 0 Å². The third kappa shape index (κ3) is 5.13. The first-order valence-electron chi connectivity index (χ1n) is 4.51. The second-order valence-electron chi connectivity index (χ2n) is 4.10. The van der Waals surface area contributed by atoms with Crippen molar-refractivity contribution >= 4 is 0 Å². The molecule has 0 aliphatic heterocycles. The van der Waals surface area contributed by atoms with Gasteiger partial charge < -0.3 is 5.73 Å². The quantitative estimate of drug-likeness (QED) is 0.736. The Hall–Kier alpha value is -0.250. The first-order valence-corrected chi connectivity index (χ1v) is 4.51. The minimum atomic E-state index is -4.08. The van der Waals surface area contributed by atoms with Gasteiger partial charge in [0.15, 0.2) is 0 Å². The summed E-state index contributed by atoms with van der Waals surface area (Å²) in [4.78, 5) is 0. The van der Waals surface area contributed by atoms with Crippen molar-refractivity contribution in [2.75, 3.05) is 0 Å². The molecule has 1 unspecified atom stereocenters. The van der Waals surface area contributed by atoms with Crippen LogP contribution in [0.15, 0.2) is 0 Å². The molecular formula is C9H18F3N. The van der Waals surface area contributed by atoms with E-state index in [0.29, 0.717) is 0 Å².